The first-order chi connectivity index (χ1) is 11.1. The fourth-order valence-corrected chi connectivity index (χ4v) is 2.13. The van der Waals surface area contributed by atoms with Gasteiger partial charge in [-0.2, -0.15) is 0 Å². The van der Waals surface area contributed by atoms with E-state index in [2.05, 4.69) is 10.3 Å². The average molecular weight is 314 g/mol. The third-order valence-corrected chi connectivity index (χ3v) is 3.24. The number of carbonyl (C=O) groups is 1. The molecule has 0 saturated carbocycles. The Morgan fingerprint density at radius 3 is 2.61 bits per heavy atom. The van der Waals surface area contributed by atoms with Crippen molar-refractivity contribution in [3.63, 3.8) is 0 Å². The van der Waals surface area contributed by atoms with E-state index >= 15 is 0 Å². The van der Waals surface area contributed by atoms with E-state index in [4.69, 9.17) is 4.42 Å². The Balaban J connectivity index is 1.74. The molecule has 0 bridgehead atoms. The van der Waals surface area contributed by atoms with Crippen LogP contribution in [0.2, 0.25) is 0 Å². The highest BCUT2D eigenvalue weighted by atomic mass is 19.1. The predicted octanol–water partition coefficient (Wildman–Crippen LogP) is 3.55. The van der Waals surface area contributed by atoms with Crippen molar-refractivity contribution in [2.24, 2.45) is 0 Å². The summed E-state index contributed by atoms with van der Waals surface area (Å²) >= 11 is 0. The molecule has 116 valence electrons. The number of carbonyl (C=O) groups excluding carboxylic acids is 1. The van der Waals surface area contributed by atoms with Gasteiger partial charge in [0.05, 0.1) is 6.26 Å². The summed E-state index contributed by atoms with van der Waals surface area (Å²) in [7, 11) is 0. The molecule has 4 nitrogen and oxygen atoms in total. The van der Waals surface area contributed by atoms with Crippen molar-refractivity contribution < 1.29 is 18.0 Å². The van der Waals surface area contributed by atoms with Crippen LogP contribution in [0.25, 0.3) is 11.5 Å². The highest BCUT2D eigenvalue weighted by molar-refractivity contribution is 5.94. The molecule has 0 aliphatic carbocycles. The summed E-state index contributed by atoms with van der Waals surface area (Å²) in [6, 6.07) is 10.2. The van der Waals surface area contributed by atoms with Gasteiger partial charge in [0.2, 0.25) is 0 Å². The molecule has 0 fully saturated rings. The van der Waals surface area contributed by atoms with Crippen LogP contribution >= 0.6 is 0 Å². The largest absolute Gasteiger partial charge is 0.463 e. The van der Waals surface area contributed by atoms with Crippen LogP contribution in [0.1, 0.15) is 15.9 Å². The van der Waals surface area contributed by atoms with Crippen molar-refractivity contribution in [2.75, 3.05) is 0 Å². The van der Waals surface area contributed by atoms with Gasteiger partial charge in [-0.05, 0) is 42.0 Å². The number of furan rings is 1. The fourth-order valence-electron chi connectivity index (χ4n) is 2.13. The lowest BCUT2D eigenvalue weighted by Crippen LogP contribution is -2.25. The maximum atomic E-state index is 13.6. The van der Waals surface area contributed by atoms with Gasteiger partial charge in [-0.1, -0.05) is 6.07 Å². The molecule has 2 heterocycles. The van der Waals surface area contributed by atoms with E-state index in [0.29, 0.717) is 11.5 Å². The number of pyridine rings is 1. The van der Waals surface area contributed by atoms with Crippen LogP contribution in [0.5, 0.6) is 0 Å². The Bertz CT molecular complexity index is 812. The smallest absolute Gasteiger partial charge is 0.257 e. The Kier molecular flexibility index (Phi) is 4.14. The number of rotatable bonds is 4. The molecule has 0 saturated heterocycles. The van der Waals surface area contributed by atoms with E-state index in [9.17, 15) is 13.6 Å². The van der Waals surface area contributed by atoms with Crippen LogP contribution in [-0.2, 0) is 6.54 Å². The summed E-state index contributed by atoms with van der Waals surface area (Å²) in [6.45, 7) is 0.114. The second-order valence-electron chi connectivity index (χ2n) is 4.81. The first-order valence-electron chi connectivity index (χ1n) is 6.86. The number of benzene rings is 1. The molecule has 3 aromatic rings. The topological polar surface area (TPSA) is 55.1 Å². The van der Waals surface area contributed by atoms with Crippen LogP contribution in [0.3, 0.4) is 0 Å². The van der Waals surface area contributed by atoms with E-state index in [1.165, 1.54) is 12.3 Å². The second kappa shape index (κ2) is 6.39. The monoisotopic (exact) mass is 314 g/mol. The maximum Gasteiger partial charge on any atom is 0.257 e. The SMILES string of the molecule is O=C(NCc1ccnc(-c2ccco2)c1)c1c(F)cccc1F. The third-order valence-electron chi connectivity index (χ3n) is 3.24. The van der Waals surface area contributed by atoms with E-state index in [-0.39, 0.29) is 6.54 Å². The molecule has 2 aromatic heterocycles. The lowest BCUT2D eigenvalue weighted by Gasteiger charge is -2.08. The number of hydrogen-bond acceptors (Lipinski definition) is 3. The molecule has 0 spiro atoms. The lowest BCUT2D eigenvalue weighted by atomic mass is 10.1. The van der Waals surface area contributed by atoms with Gasteiger partial charge < -0.3 is 9.73 Å². The van der Waals surface area contributed by atoms with E-state index in [1.54, 1.807) is 30.5 Å². The number of nitrogens with zero attached hydrogens (tertiary/aromatic N) is 1. The number of nitrogens with one attached hydrogen (secondary N) is 1. The van der Waals surface area contributed by atoms with Crippen LogP contribution in [0.4, 0.5) is 8.78 Å². The molecule has 6 heteroatoms. The molecule has 1 N–H and O–H groups in total. The van der Waals surface area contributed by atoms with Gasteiger partial charge in [-0.15, -0.1) is 0 Å². The molecule has 23 heavy (non-hydrogen) atoms. The van der Waals surface area contributed by atoms with Gasteiger partial charge >= 0.3 is 0 Å². The molecule has 1 amide bonds. The zero-order valence-corrected chi connectivity index (χ0v) is 11.9. The van der Waals surface area contributed by atoms with Gasteiger partial charge in [-0.3, -0.25) is 9.78 Å². The normalized spacial score (nSPS) is 10.5. The van der Waals surface area contributed by atoms with E-state index in [1.807, 2.05) is 0 Å². The number of amides is 1. The Labute approximate surface area is 130 Å². The van der Waals surface area contributed by atoms with Crippen molar-refractivity contribution in [3.8, 4) is 11.5 Å². The number of aromatic nitrogens is 1. The predicted molar refractivity (Wildman–Crippen MR) is 79.5 cm³/mol. The van der Waals surface area contributed by atoms with Gasteiger partial charge in [0, 0.05) is 12.7 Å². The zero-order chi connectivity index (χ0) is 16.2. The summed E-state index contributed by atoms with van der Waals surface area (Å²) in [6.07, 6.45) is 3.11. The minimum absolute atomic E-state index is 0.114. The van der Waals surface area contributed by atoms with Crippen molar-refractivity contribution >= 4 is 5.91 Å². The lowest BCUT2D eigenvalue weighted by molar-refractivity contribution is 0.0942. The summed E-state index contributed by atoms with van der Waals surface area (Å²) in [4.78, 5) is 16.1. The summed E-state index contributed by atoms with van der Waals surface area (Å²) in [5, 5.41) is 2.49. The number of hydrogen-bond donors (Lipinski definition) is 1. The highest BCUT2D eigenvalue weighted by Crippen LogP contribution is 2.18. The Morgan fingerprint density at radius 2 is 1.91 bits per heavy atom. The minimum atomic E-state index is -0.895. The molecular formula is C17H12F2N2O2. The maximum absolute atomic E-state index is 13.6. The molecule has 0 unspecified atom stereocenters. The molecule has 0 aliphatic rings. The van der Waals surface area contributed by atoms with Crippen LogP contribution in [-0.4, -0.2) is 10.9 Å². The quantitative estimate of drug-likeness (QED) is 0.801. The van der Waals surface area contributed by atoms with Crippen molar-refractivity contribution in [2.45, 2.75) is 6.54 Å². The Morgan fingerprint density at radius 1 is 1.13 bits per heavy atom. The zero-order valence-electron chi connectivity index (χ0n) is 11.9. The minimum Gasteiger partial charge on any atom is -0.463 e. The second-order valence-corrected chi connectivity index (χ2v) is 4.81. The van der Waals surface area contributed by atoms with E-state index in [0.717, 1.165) is 17.7 Å². The molecular weight excluding hydrogens is 302 g/mol. The molecule has 3 rings (SSSR count). The summed E-state index contributed by atoms with van der Waals surface area (Å²) < 4.78 is 32.4. The standard InChI is InChI=1S/C17H12F2N2O2/c18-12-3-1-4-13(19)16(12)17(22)21-10-11-6-7-20-14(9-11)15-5-2-8-23-15/h1-9H,10H2,(H,21,22). The van der Waals surface area contributed by atoms with Gasteiger partial charge in [0.15, 0.2) is 5.76 Å². The van der Waals surface area contributed by atoms with Crippen molar-refractivity contribution in [1.82, 2.24) is 10.3 Å². The summed E-state index contributed by atoms with van der Waals surface area (Å²) in [5.74, 6) is -2.00. The van der Waals surface area contributed by atoms with Gasteiger partial charge in [0.1, 0.15) is 22.9 Å². The number of halogens is 2. The van der Waals surface area contributed by atoms with Gasteiger partial charge in [-0.25, -0.2) is 8.78 Å². The van der Waals surface area contributed by atoms with E-state index < -0.39 is 23.1 Å². The highest BCUT2D eigenvalue weighted by Gasteiger charge is 2.16. The Hall–Kier alpha value is -3.02. The van der Waals surface area contributed by atoms with Crippen molar-refractivity contribution in [1.29, 1.82) is 0 Å². The molecule has 0 radical (unpaired) electrons. The molecule has 0 aliphatic heterocycles. The third kappa shape index (κ3) is 3.26. The fraction of sp³-hybridized carbons (Fsp3) is 0.0588. The first kappa shape index (κ1) is 14.9. The van der Waals surface area contributed by atoms with Crippen LogP contribution in [0.15, 0.2) is 59.3 Å². The van der Waals surface area contributed by atoms with Crippen LogP contribution < -0.4 is 5.32 Å². The average Bonchev–Trinajstić information content (AvgIpc) is 3.07. The first-order valence-corrected chi connectivity index (χ1v) is 6.86. The van der Waals surface area contributed by atoms with Crippen LogP contribution in [0, 0.1) is 11.6 Å². The summed E-state index contributed by atoms with van der Waals surface area (Å²) in [5.41, 5.74) is 0.753. The van der Waals surface area contributed by atoms with Gasteiger partial charge in [0.25, 0.3) is 5.91 Å². The molecule has 1 aromatic carbocycles. The molecule has 0 atom stereocenters. The van der Waals surface area contributed by atoms with Crippen molar-refractivity contribution in [3.05, 3.63) is 77.7 Å².